The van der Waals surface area contributed by atoms with E-state index in [0.29, 0.717) is 6.04 Å². The molecule has 3 rings (SSSR count). The second-order valence-corrected chi connectivity index (χ2v) is 26.1. The van der Waals surface area contributed by atoms with Crippen molar-refractivity contribution in [3.05, 3.63) is 29.8 Å². The van der Waals surface area contributed by atoms with Crippen LogP contribution in [0.15, 0.2) is 24.3 Å². The zero-order valence-corrected chi connectivity index (χ0v) is 28.6. The molecule has 0 amide bonds. The summed E-state index contributed by atoms with van der Waals surface area (Å²) in [7, 11) is 2.29. The molecule has 0 aliphatic heterocycles. The zero-order chi connectivity index (χ0) is 27.8. The van der Waals surface area contributed by atoms with Crippen molar-refractivity contribution in [1.82, 2.24) is 9.47 Å². The van der Waals surface area contributed by atoms with Gasteiger partial charge < -0.3 is 0 Å². The van der Waals surface area contributed by atoms with Crippen LogP contribution in [0.3, 0.4) is 0 Å². The molecule has 38 heavy (non-hydrogen) atoms. The van der Waals surface area contributed by atoms with Gasteiger partial charge in [-0.1, -0.05) is 0 Å². The third-order valence-corrected chi connectivity index (χ3v) is 24.0. The molecular weight excluding hydrogens is 575 g/mol. The molecule has 1 aromatic carbocycles. The molecule has 1 heterocycles. The summed E-state index contributed by atoms with van der Waals surface area (Å²) in [6, 6.07) is 9.98. The van der Waals surface area contributed by atoms with E-state index in [4.69, 9.17) is 4.74 Å². The van der Waals surface area contributed by atoms with Gasteiger partial charge in [0.05, 0.1) is 0 Å². The van der Waals surface area contributed by atoms with Gasteiger partial charge in [0.25, 0.3) is 0 Å². The number of hydrogen-bond acceptors (Lipinski definition) is 3. The Bertz CT molecular complexity index is 994. The van der Waals surface area contributed by atoms with E-state index in [0.717, 1.165) is 12.1 Å². The molecule has 0 radical (unpaired) electrons. The van der Waals surface area contributed by atoms with Gasteiger partial charge >= 0.3 is 239 Å². The maximum atomic E-state index is 13.9. The van der Waals surface area contributed by atoms with Crippen molar-refractivity contribution >= 4 is 39.1 Å². The summed E-state index contributed by atoms with van der Waals surface area (Å²) in [5.74, 6) is 0. The number of carbonyl (C=O) groups is 1. The van der Waals surface area contributed by atoms with Crippen LogP contribution in [-0.4, -0.2) is 52.6 Å². The molecule has 0 saturated heterocycles. The number of aromatic nitrogens is 1. The van der Waals surface area contributed by atoms with Crippen molar-refractivity contribution in [3.63, 3.8) is 0 Å². The van der Waals surface area contributed by atoms with Crippen LogP contribution >= 0.6 is 0 Å². The number of ether oxygens (including phenoxy) is 1. The molecular formula is C33H56N2O2Sn. The Morgan fingerprint density at radius 2 is 1.53 bits per heavy atom. The van der Waals surface area contributed by atoms with Crippen LogP contribution < -0.4 is 3.71 Å². The van der Waals surface area contributed by atoms with Crippen LogP contribution in [0.25, 0.3) is 10.9 Å². The van der Waals surface area contributed by atoms with E-state index in [-0.39, 0.29) is 6.09 Å². The van der Waals surface area contributed by atoms with Gasteiger partial charge in [0.2, 0.25) is 0 Å². The number of hydrogen-bond donors (Lipinski definition) is 0. The van der Waals surface area contributed by atoms with Gasteiger partial charge in [-0.2, -0.15) is 0 Å². The van der Waals surface area contributed by atoms with E-state index in [1.165, 1.54) is 98.6 Å². The van der Waals surface area contributed by atoms with E-state index in [2.05, 4.69) is 57.0 Å². The van der Waals surface area contributed by atoms with Crippen molar-refractivity contribution < 1.29 is 9.53 Å². The molecule has 0 atom stereocenters. The van der Waals surface area contributed by atoms with Gasteiger partial charge in [-0.3, -0.25) is 0 Å². The van der Waals surface area contributed by atoms with Crippen molar-refractivity contribution in [3.8, 4) is 0 Å². The summed E-state index contributed by atoms with van der Waals surface area (Å²) in [6.45, 7) is 13.9. The Kier molecular flexibility index (Phi) is 12.1. The number of fused-ring (bicyclic) bond motifs is 1. The Hall–Kier alpha value is -1.01. The van der Waals surface area contributed by atoms with Gasteiger partial charge in [-0.05, 0) is 0 Å². The Balaban J connectivity index is 2.10. The van der Waals surface area contributed by atoms with Crippen LogP contribution in [0, 0.1) is 0 Å². The summed E-state index contributed by atoms with van der Waals surface area (Å²) >= 11 is -2.91. The third kappa shape index (κ3) is 8.25. The molecule has 1 aromatic heterocycles. The summed E-state index contributed by atoms with van der Waals surface area (Å²) in [6.07, 6.45) is 14.1. The third-order valence-electron chi connectivity index (χ3n) is 8.64. The summed E-state index contributed by atoms with van der Waals surface area (Å²) in [4.78, 5) is 16.4. The SMILES string of the molecule is CCC[CH2][Sn]([CH2]CCC)([CH2]CCC)[c]1cc2cc(CN(C)C3CCCCC3)ccc2n1C(=O)OC(C)(C)C. The van der Waals surface area contributed by atoms with E-state index in [1.807, 2.05) is 25.3 Å². The Labute approximate surface area is 237 Å². The predicted molar refractivity (Wildman–Crippen MR) is 166 cm³/mol. The number of benzene rings is 1. The monoisotopic (exact) mass is 632 g/mol. The van der Waals surface area contributed by atoms with Gasteiger partial charge in [0, 0.05) is 0 Å². The minimum atomic E-state index is -2.91. The van der Waals surface area contributed by atoms with E-state index in [9.17, 15) is 4.79 Å². The normalized spacial score (nSPS) is 15.5. The summed E-state index contributed by atoms with van der Waals surface area (Å²) < 4.78 is 13.5. The first-order valence-electron chi connectivity index (χ1n) is 15.7. The molecule has 1 aliphatic rings. The predicted octanol–water partition coefficient (Wildman–Crippen LogP) is 9.25. The standard InChI is InChI=1S/C21H29N2O2.3C4H9.Sn/c1-21(2,3)25-20(24)23-13-12-17-14-16(10-11-19(17)23)15-22(4)18-8-6-5-7-9-18;3*1-3-4-2;/h10-12,14,18H,5-9,15H2,1-4H3;3*1,3-4H2,2H3;. The molecule has 0 bridgehead atoms. The zero-order valence-electron chi connectivity index (χ0n) is 25.7. The molecule has 1 saturated carbocycles. The van der Waals surface area contributed by atoms with Gasteiger partial charge in [-0.25, -0.2) is 0 Å². The fourth-order valence-corrected chi connectivity index (χ4v) is 22.9. The quantitative estimate of drug-likeness (QED) is 0.207. The molecule has 0 unspecified atom stereocenters. The van der Waals surface area contributed by atoms with Gasteiger partial charge in [-0.15, -0.1) is 0 Å². The Morgan fingerprint density at radius 1 is 0.947 bits per heavy atom. The van der Waals surface area contributed by atoms with Crippen molar-refractivity contribution in [2.24, 2.45) is 0 Å². The van der Waals surface area contributed by atoms with E-state index < -0.39 is 24.0 Å². The van der Waals surface area contributed by atoms with Crippen molar-refractivity contribution in [1.29, 1.82) is 0 Å². The first-order valence-corrected chi connectivity index (χ1v) is 23.2. The van der Waals surface area contributed by atoms with Crippen LogP contribution in [0.5, 0.6) is 0 Å². The summed E-state index contributed by atoms with van der Waals surface area (Å²) in [5, 5.41) is 1.23. The molecule has 2 aromatic rings. The first kappa shape index (κ1) is 31.5. The van der Waals surface area contributed by atoms with Gasteiger partial charge in [0.15, 0.2) is 0 Å². The van der Waals surface area contributed by atoms with Gasteiger partial charge in [0.1, 0.15) is 0 Å². The van der Waals surface area contributed by atoms with Crippen LogP contribution in [-0.2, 0) is 11.3 Å². The number of nitrogens with zero attached hydrogens (tertiary/aromatic N) is 2. The molecule has 1 aliphatic carbocycles. The maximum absolute atomic E-state index is 13.9. The average molecular weight is 632 g/mol. The number of rotatable bonds is 13. The fraction of sp³-hybridized carbons (Fsp3) is 0.727. The molecule has 1 fully saturated rings. The first-order chi connectivity index (χ1) is 18.1. The Morgan fingerprint density at radius 3 is 2.05 bits per heavy atom. The van der Waals surface area contributed by atoms with Crippen LogP contribution in [0.4, 0.5) is 4.79 Å². The minimum absolute atomic E-state index is 0.180. The van der Waals surface area contributed by atoms with Crippen molar-refractivity contribution in [2.75, 3.05) is 7.05 Å². The molecule has 0 N–H and O–H groups in total. The van der Waals surface area contributed by atoms with E-state index >= 15 is 0 Å². The van der Waals surface area contributed by atoms with Crippen LogP contribution in [0.1, 0.15) is 118 Å². The fourth-order valence-electron chi connectivity index (χ4n) is 6.50. The molecule has 0 spiro atoms. The number of unbranched alkanes of at least 4 members (excludes halogenated alkanes) is 3. The molecule has 214 valence electrons. The number of carbonyl (C=O) groups excluding carboxylic acids is 1. The van der Waals surface area contributed by atoms with Crippen LogP contribution in [0.2, 0.25) is 13.3 Å². The average Bonchev–Trinajstić information content (AvgIpc) is 3.27. The van der Waals surface area contributed by atoms with E-state index in [1.54, 1.807) is 0 Å². The topological polar surface area (TPSA) is 34.5 Å². The molecule has 5 heteroatoms. The second-order valence-electron chi connectivity index (χ2n) is 13.0. The van der Waals surface area contributed by atoms with Crippen molar-refractivity contribution in [2.45, 2.75) is 144 Å². The second kappa shape index (κ2) is 14.6. The molecule has 4 nitrogen and oxygen atoms in total. The summed E-state index contributed by atoms with van der Waals surface area (Å²) in [5.41, 5.74) is 1.89.